The predicted molar refractivity (Wildman–Crippen MR) is 88.9 cm³/mol. The van der Waals surface area contributed by atoms with Gasteiger partial charge < -0.3 is 5.73 Å². The van der Waals surface area contributed by atoms with E-state index in [9.17, 15) is 0 Å². The van der Waals surface area contributed by atoms with Crippen molar-refractivity contribution in [1.29, 1.82) is 0 Å². The number of rotatable bonds is 5. The second-order valence-corrected chi connectivity index (χ2v) is 5.51. The largest absolute Gasteiger partial charge is 0.398 e. The lowest BCUT2D eigenvalue weighted by Gasteiger charge is -2.18. The number of terminal acetylenes is 1. The summed E-state index contributed by atoms with van der Waals surface area (Å²) in [7, 11) is 0. The van der Waals surface area contributed by atoms with Gasteiger partial charge in [-0.1, -0.05) is 57.2 Å². The van der Waals surface area contributed by atoms with E-state index < -0.39 is 0 Å². The number of benzene rings is 2. The van der Waals surface area contributed by atoms with Crippen LogP contribution in [0.5, 0.6) is 0 Å². The quantitative estimate of drug-likeness (QED) is 0.455. The van der Waals surface area contributed by atoms with E-state index in [-0.39, 0.29) is 0 Å². The van der Waals surface area contributed by atoms with E-state index in [1.807, 2.05) is 24.3 Å². The highest BCUT2D eigenvalue weighted by molar-refractivity contribution is 5.94. The van der Waals surface area contributed by atoms with Crippen LogP contribution in [-0.2, 0) is 0 Å². The first-order valence-corrected chi connectivity index (χ1v) is 7.46. The molecular formula is C19H23N. The van der Waals surface area contributed by atoms with Crippen LogP contribution in [0.3, 0.4) is 0 Å². The van der Waals surface area contributed by atoms with Crippen LogP contribution in [0.4, 0.5) is 5.69 Å². The molecule has 0 aliphatic carbocycles. The van der Waals surface area contributed by atoms with Gasteiger partial charge in [0.25, 0.3) is 0 Å². The van der Waals surface area contributed by atoms with Gasteiger partial charge in [-0.05, 0) is 40.8 Å². The maximum Gasteiger partial charge on any atom is 0.0355 e. The Kier molecular flexibility index (Phi) is 4.69. The molecule has 20 heavy (non-hydrogen) atoms. The van der Waals surface area contributed by atoms with Crippen molar-refractivity contribution >= 4 is 16.5 Å². The molecule has 2 N–H and O–H groups in total. The summed E-state index contributed by atoms with van der Waals surface area (Å²) in [6, 6.07) is 10.2. The van der Waals surface area contributed by atoms with Gasteiger partial charge >= 0.3 is 0 Å². The van der Waals surface area contributed by atoms with E-state index in [1.54, 1.807) is 0 Å². The van der Waals surface area contributed by atoms with E-state index in [0.717, 1.165) is 16.6 Å². The van der Waals surface area contributed by atoms with Gasteiger partial charge in [-0.25, -0.2) is 0 Å². The van der Waals surface area contributed by atoms with Gasteiger partial charge in [-0.3, -0.25) is 0 Å². The highest BCUT2D eigenvalue weighted by Gasteiger charge is 2.13. The van der Waals surface area contributed by atoms with Crippen molar-refractivity contribution in [1.82, 2.24) is 0 Å². The Morgan fingerprint density at radius 1 is 1.15 bits per heavy atom. The first-order valence-electron chi connectivity index (χ1n) is 7.46. The normalized spacial score (nSPS) is 12.2. The van der Waals surface area contributed by atoms with E-state index in [1.165, 1.54) is 36.6 Å². The minimum atomic E-state index is 0.471. The van der Waals surface area contributed by atoms with E-state index in [0.29, 0.717) is 5.92 Å². The van der Waals surface area contributed by atoms with Crippen molar-refractivity contribution in [3.8, 4) is 12.3 Å². The van der Waals surface area contributed by atoms with Crippen molar-refractivity contribution in [2.24, 2.45) is 0 Å². The van der Waals surface area contributed by atoms with Crippen molar-refractivity contribution < 1.29 is 0 Å². The molecule has 2 rings (SSSR count). The standard InChI is InChI=1S/C19H23N/c1-4-6-7-9-14(3)19-17-11-8-10-15(5-2)16(17)12-13-18(19)20/h2,8,10-14H,4,6-7,9,20H2,1,3H3. The highest BCUT2D eigenvalue weighted by atomic mass is 14.6. The van der Waals surface area contributed by atoms with Crippen molar-refractivity contribution in [3.05, 3.63) is 41.5 Å². The maximum atomic E-state index is 6.23. The molecule has 0 amide bonds. The van der Waals surface area contributed by atoms with Crippen LogP contribution in [0.15, 0.2) is 30.3 Å². The third-order valence-corrected chi connectivity index (χ3v) is 4.03. The van der Waals surface area contributed by atoms with Crippen molar-refractivity contribution in [2.75, 3.05) is 5.73 Å². The molecule has 0 aliphatic heterocycles. The highest BCUT2D eigenvalue weighted by Crippen LogP contribution is 2.34. The molecular weight excluding hydrogens is 242 g/mol. The number of anilines is 1. The van der Waals surface area contributed by atoms with Gasteiger partial charge in [0, 0.05) is 11.3 Å². The van der Waals surface area contributed by atoms with Crippen LogP contribution in [0, 0.1) is 12.3 Å². The zero-order valence-corrected chi connectivity index (χ0v) is 12.4. The van der Waals surface area contributed by atoms with Gasteiger partial charge in [-0.15, -0.1) is 6.42 Å². The Labute approximate surface area is 122 Å². The number of hydrogen-bond acceptors (Lipinski definition) is 1. The molecule has 0 spiro atoms. The molecule has 2 aromatic rings. The zero-order chi connectivity index (χ0) is 14.5. The topological polar surface area (TPSA) is 26.0 Å². The van der Waals surface area contributed by atoms with Gasteiger partial charge in [0.05, 0.1) is 0 Å². The number of hydrogen-bond donors (Lipinski definition) is 1. The first kappa shape index (κ1) is 14.5. The van der Waals surface area contributed by atoms with Gasteiger partial charge in [0.1, 0.15) is 0 Å². The summed E-state index contributed by atoms with van der Waals surface area (Å²) in [5.74, 6) is 3.24. The molecule has 1 unspecified atom stereocenters. The molecule has 0 fully saturated rings. The minimum Gasteiger partial charge on any atom is -0.398 e. The van der Waals surface area contributed by atoms with E-state index in [2.05, 4.69) is 25.8 Å². The average Bonchev–Trinajstić information content (AvgIpc) is 2.46. The summed E-state index contributed by atoms with van der Waals surface area (Å²) in [5, 5.41) is 2.35. The van der Waals surface area contributed by atoms with E-state index in [4.69, 9.17) is 12.2 Å². The second-order valence-electron chi connectivity index (χ2n) is 5.51. The van der Waals surface area contributed by atoms with Crippen LogP contribution in [0.25, 0.3) is 10.8 Å². The lowest BCUT2D eigenvalue weighted by Crippen LogP contribution is -2.01. The monoisotopic (exact) mass is 265 g/mol. The molecule has 2 aromatic carbocycles. The van der Waals surface area contributed by atoms with Crippen LogP contribution >= 0.6 is 0 Å². The van der Waals surface area contributed by atoms with Crippen LogP contribution in [-0.4, -0.2) is 0 Å². The van der Waals surface area contributed by atoms with Crippen LogP contribution in [0.2, 0.25) is 0 Å². The zero-order valence-electron chi connectivity index (χ0n) is 12.4. The number of nitrogen functional groups attached to an aromatic ring is 1. The molecule has 1 heteroatoms. The summed E-state index contributed by atoms with van der Waals surface area (Å²) in [5.41, 5.74) is 9.33. The maximum absolute atomic E-state index is 6.23. The van der Waals surface area contributed by atoms with Crippen LogP contribution in [0.1, 0.15) is 56.6 Å². The molecule has 0 aliphatic rings. The number of nitrogens with two attached hydrogens (primary N) is 1. The fourth-order valence-electron chi connectivity index (χ4n) is 2.92. The third-order valence-electron chi connectivity index (χ3n) is 4.03. The van der Waals surface area contributed by atoms with Crippen molar-refractivity contribution in [2.45, 2.75) is 45.4 Å². The Morgan fingerprint density at radius 3 is 2.65 bits per heavy atom. The summed E-state index contributed by atoms with van der Waals surface area (Å²) in [4.78, 5) is 0. The van der Waals surface area contributed by atoms with Gasteiger partial charge in [0.2, 0.25) is 0 Å². The Balaban J connectivity index is 2.46. The third kappa shape index (κ3) is 2.80. The summed E-state index contributed by atoms with van der Waals surface area (Å²) >= 11 is 0. The Morgan fingerprint density at radius 2 is 1.95 bits per heavy atom. The molecule has 1 atom stereocenters. The molecule has 0 radical (unpaired) electrons. The smallest absolute Gasteiger partial charge is 0.0355 e. The van der Waals surface area contributed by atoms with Gasteiger partial charge in [-0.2, -0.15) is 0 Å². The van der Waals surface area contributed by atoms with Crippen LogP contribution < -0.4 is 5.73 Å². The Hall–Kier alpha value is -1.94. The molecule has 0 heterocycles. The van der Waals surface area contributed by atoms with Gasteiger partial charge in [0.15, 0.2) is 0 Å². The number of unbranched alkanes of at least 4 members (excludes halogenated alkanes) is 2. The lowest BCUT2D eigenvalue weighted by atomic mass is 9.88. The minimum absolute atomic E-state index is 0.471. The second kappa shape index (κ2) is 6.48. The van der Waals surface area contributed by atoms with E-state index >= 15 is 0 Å². The Bertz CT molecular complexity index is 634. The summed E-state index contributed by atoms with van der Waals surface area (Å²) in [6.45, 7) is 4.50. The fourth-order valence-corrected chi connectivity index (χ4v) is 2.92. The average molecular weight is 265 g/mol. The SMILES string of the molecule is C#Cc1cccc2c(C(C)CCCCC)c(N)ccc12. The predicted octanol–water partition coefficient (Wildman–Crippen LogP) is 5.09. The first-order chi connectivity index (χ1) is 9.69. The molecule has 104 valence electrons. The summed E-state index contributed by atoms with van der Waals surface area (Å²) < 4.78 is 0. The molecule has 0 bridgehead atoms. The fraction of sp³-hybridized carbons (Fsp3) is 0.368. The number of fused-ring (bicyclic) bond motifs is 1. The van der Waals surface area contributed by atoms with Crippen molar-refractivity contribution in [3.63, 3.8) is 0 Å². The molecule has 0 saturated heterocycles. The summed E-state index contributed by atoms with van der Waals surface area (Å²) in [6.07, 6.45) is 10.6. The lowest BCUT2D eigenvalue weighted by molar-refractivity contribution is 0.601. The molecule has 1 nitrogen and oxygen atoms in total. The molecule has 0 aromatic heterocycles. The molecule has 0 saturated carbocycles.